The van der Waals surface area contributed by atoms with Crippen molar-refractivity contribution in [2.45, 2.75) is 59.8 Å². The third-order valence-corrected chi connectivity index (χ3v) is 5.76. The van der Waals surface area contributed by atoms with Crippen molar-refractivity contribution in [1.82, 2.24) is 0 Å². The van der Waals surface area contributed by atoms with E-state index in [9.17, 15) is 4.79 Å². The molecule has 176 valence electrons. The molecule has 0 saturated carbocycles. The number of rotatable bonds is 12. The van der Waals surface area contributed by atoms with Gasteiger partial charge in [0.05, 0.1) is 13.2 Å². The van der Waals surface area contributed by atoms with Crippen LogP contribution >= 0.6 is 0 Å². The van der Waals surface area contributed by atoms with E-state index in [1.54, 1.807) is 6.92 Å². The summed E-state index contributed by atoms with van der Waals surface area (Å²) < 4.78 is 17.3. The summed E-state index contributed by atoms with van der Waals surface area (Å²) in [5.41, 5.74) is 5.08. The Balaban J connectivity index is 1.68. The van der Waals surface area contributed by atoms with E-state index in [4.69, 9.17) is 13.9 Å². The third kappa shape index (κ3) is 6.74. The topological polar surface area (TPSA) is 48.7 Å². The van der Waals surface area contributed by atoms with Crippen LogP contribution in [-0.4, -0.2) is 19.2 Å². The first-order chi connectivity index (χ1) is 15.9. The second kappa shape index (κ2) is 11.7. The van der Waals surface area contributed by atoms with Crippen molar-refractivity contribution in [3.63, 3.8) is 0 Å². The Labute approximate surface area is 197 Å². The third-order valence-electron chi connectivity index (χ3n) is 5.76. The lowest BCUT2D eigenvalue weighted by Crippen LogP contribution is -2.18. The summed E-state index contributed by atoms with van der Waals surface area (Å²) in [4.78, 5) is 11.5. The van der Waals surface area contributed by atoms with Gasteiger partial charge in [-0.05, 0) is 55.5 Å². The summed E-state index contributed by atoms with van der Waals surface area (Å²) in [6, 6.07) is 14.8. The maximum atomic E-state index is 11.5. The molecule has 4 nitrogen and oxygen atoms in total. The largest absolute Gasteiger partial charge is 0.493 e. The summed E-state index contributed by atoms with van der Waals surface area (Å²) in [6.45, 7) is 12.4. The van der Waals surface area contributed by atoms with Gasteiger partial charge in [0.1, 0.15) is 17.1 Å². The second-order valence-corrected chi connectivity index (χ2v) is 8.91. The molecule has 1 heterocycles. The van der Waals surface area contributed by atoms with Crippen molar-refractivity contribution in [1.29, 1.82) is 0 Å². The minimum absolute atomic E-state index is 0.0686. The Kier molecular flexibility index (Phi) is 8.76. The lowest BCUT2D eigenvalue weighted by atomic mass is 9.97. The van der Waals surface area contributed by atoms with Crippen LogP contribution < -0.4 is 4.74 Å². The smallest absolute Gasteiger partial charge is 0.333 e. The van der Waals surface area contributed by atoms with Gasteiger partial charge in [0, 0.05) is 28.5 Å². The molecule has 1 aromatic heterocycles. The average Bonchev–Trinajstić information content (AvgIpc) is 3.24. The van der Waals surface area contributed by atoms with Crippen LogP contribution in [0.4, 0.5) is 0 Å². The van der Waals surface area contributed by atoms with Crippen molar-refractivity contribution < 1.29 is 18.7 Å². The molecule has 0 aliphatic heterocycles. The number of esters is 1. The molecule has 1 atom stereocenters. The van der Waals surface area contributed by atoms with Gasteiger partial charge >= 0.3 is 5.97 Å². The highest BCUT2D eigenvalue weighted by Crippen LogP contribution is 2.33. The number of benzene rings is 2. The zero-order valence-electron chi connectivity index (χ0n) is 20.4. The number of carbonyl (C=O) groups excluding carboxylic acids is 1. The van der Waals surface area contributed by atoms with Crippen LogP contribution in [0.25, 0.3) is 22.3 Å². The van der Waals surface area contributed by atoms with E-state index in [0.29, 0.717) is 18.8 Å². The Bertz CT molecular complexity index is 1090. The minimum atomic E-state index is -0.369. The monoisotopic (exact) mass is 448 g/mol. The van der Waals surface area contributed by atoms with Gasteiger partial charge in [0.25, 0.3) is 0 Å². The first kappa shape index (κ1) is 24.6. The standard InChI is InChI=1S/C29H36O4/c1-6-8-9-10-22-11-14-26(23(7-2)15-22)28-16-24-12-13-25(17-27(24)33-28)31-18-21(5)19-32-29(30)20(3)4/h11-17,21H,3,6-10,18-19H2,1-2,4-5H3. The molecule has 0 spiro atoms. The fourth-order valence-corrected chi connectivity index (χ4v) is 3.78. The lowest BCUT2D eigenvalue weighted by molar-refractivity contribution is -0.140. The Morgan fingerprint density at radius 3 is 2.61 bits per heavy atom. The Morgan fingerprint density at radius 1 is 1.06 bits per heavy atom. The van der Waals surface area contributed by atoms with Crippen LogP contribution in [0.2, 0.25) is 0 Å². The van der Waals surface area contributed by atoms with Gasteiger partial charge in [0.15, 0.2) is 0 Å². The highest BCUT2D eigenvalue weighted by atomic mass is 16.5. The quantitative estimate of drug-likeness (QED) is 0.163. The number of furan rings is 1. The van der Waals surface area contributed by atoms with Crippen molar-refractivity contribution >= 4 is 16.9 Å². The highest BCUT2D eigenvalue weighted by molar-refractivity contribution is 5.87. The van der Waals surface area contributed by atoms with Gasteiger partial charge < -0.3 is 13.9 Å². The maximum Gasteiger partial charge on any atom is 0.333 e. The van der Waals surface area contributed by atoms with Crippen molar-refractivity contribution in [3.05, 3.63) is 65.7 Å². The molecule has 4 heteroatoms. The first-order valence-corrected chi connectivity index (χ1v) is 12.0. The van der Waals surface area contributed by atoms with E-state index in [0.717, 1.165) is 40.9 Å². The maximum absolute atomic E-state index is 11.5. The van der Waals surface area contributed by atoms with Crippen LogP contribution in [0.1, 0.15) is 58.1 Å². The fraction of sp³-hybridized carbons (Fsp3) is 0.414. The predicted octanol–water partition coefficient (Wildman–Crippen LogP) is 7.53. The van der Waals surface area contributed by atoms with Crippen LogP contribution in [0.15, 0.2) is 59.0 Å². The number of hydrogen-bond acceptors (Lipinski definition) is 4. The van der Waals surface area contributed by atoms with E-state index >= 15 is 0 Å². The molecular weight excluding hydrogens is 412 g/mol. The van der Waals surface area contributed by atoms with E-state index in [2.05, 4.69) is 44.7 Å². The number of aryl methyl sites for hydroxylation is 2. The molecule has 3 rings (SSSR count). The summed E-state index contributed by atoms with van der Waals surface area (Å²) >= 11 is 0. The molecule has 0 N–H and O–H groups in total. The Morgan fingerprint density at radius 2 is 1.88 bits per heavy atom. The molecule has 2 aromatic carbocycles. The molecule has 0 aliphatic rings. The van der Waals surface area contributed by atoms with Gasteiger partial charge in [-0.1, -0.05) is 58.4 Å². The zero-order valence-corrected chi connectivity index (χ0v) is 20.4. The second-order valence-electron chi connectivity index (χ2n) is 8.91. The SMILES string of the molecule is C=C(C)C(=O)OCC(C)COc1ccc2cc(-c3ccc(CCCCC)cc3CC)oc2c1. The lowest BCUT2D eigenvalue weighted by Gasteiger charge is -2.13. The molecule has 0 bridgehead atoms. The predicted molar refractivity (Wildman–Crippen MR) is 135 cm³/mol. The number of unbranched alkanes of at least 4 members (excludes halogenated alkanes) is 2. The molecule has 0 amide bonds. The van der Waals surface area contributed by atoms with E-state index in [-0.39, 0.29) is 11.9 Å². The molecule has 1 unspecified atom stereocenters. The van der Waals surface area contributed by atoms with Gasteiger partial charge in [-0.3, -0.25) is 0 Å². The highest BCUT2D eigenvalue weighted by Gasteiger charge is 2.13. The molecule has 3 aromatic rings. The minimum Gasteiger partial charge on any atom is -0.493 e. The fourth-order valence-electron chi connectivity index (χ4n) is 3.78. The number of hydrogen-bond donors (Lipinski definition) is 0. The normalized spacial score (nSPS) is 12.0. The van der Waals surface area contributed by atoms with Crippen molar-refractivity contribution in [3.8, 4) is 17.1 Å². The first-order valence-electron chi connectivity index (χ1n) is 12.0. The van der Waals surface area contributed by atoms with Crippen molar-refractivity contribution in [2.24, 2.45) is 5.92 Å². The molecule has 0 radical (unpaired) electrons. The van der Waals surface area contributed by atoms with E-state index in [1.807, 2.05) is 25.1 Å². The summed E-state index contributed by atoms with van der Waals surface area (Å²) in [6.07, 6.45) is 5.85. The molecule has 0 fully saturated rings. The van der Waals surface area contributed by atoms with Crippen LogP contribution in [-0.2, 0) is 22.4 Å². The molecular formula is C29H36O4. The van der Waals surface area contributed by atoms with E-state index < -0.39 is 0 Å². The van der Waals surface area contributed by atoms with Gasteiger partial charge in [-0.25, -0.2) is 4.79 Å². The van der Waals surface area contributed by atoms with E-state index in [1.165, 1.54) is 30.4 Å². The average molecular weight is 449 g/mol. The number of ether oxygens (including phenoxy) is 2. The summed E-state index contributed by atoms with van der Waals surface area (Å²) in [7, 11) is 0. The zero-order chi connectivity index (χ0) is 23.8. The van der Waals surface area contributed by atoms with Gasteiger partial charge in [0.2, 0.25) is 0 Å². The van der Waals surface area contributed by atoms with Gasteiger partial charge in [-0.15, -0.1) is 0 Å². The summed E-state index contributed by atoms with van der Waals surface area (Å²) in [5, 5.41) is 1.05. The number of carbonyl (C=O) groups is 1. The summed E-state index contributed by atoms with van der Waals surface area (Å²) in [5.74, 6) is 1.33. The van der Waals surface area contributed by atoms with Crippen LogP contribution in [0, 0.1) is 5.92 Å². The van der Waals surface area contributed by atoms with Crippen LogP contribution in [0.5, 0.6) is 5.75 Å². The van der Waals surface area contributed by atoms with Crippen molar-refractivity contribution in [2.75, 3.05) is 13.2 Å². The molecule has 33 heavy (non-hydrogen) atoms. The Hall–Kier alpha value is -3.01. The number of fused-ring (bicyclic) bond motifs is 1. The molecule has 0 saturated heterocycles. The van der Waals surface area contributed by atoms with Crippen LogP contribution in [0.3, 0.4) is 0 Å². The molecule has 0 aliphatic carbocycles. The van der Waals surface area contributed by atoms with Gasteiger partial charge in [-0.2, -0.15) is 0 Å².